The number of carboxylic acid groups (broad SMARTS) is 1. The van der Waals surface area contributed by atoms with Crippen molar-refractivity contribution >= 4 is 12.0 Å². The third-order valence-corrected chi connectivity index (χ3v) is 5.19. The number of rotatable bonds is 4. The summed E-state index contributed by atoms with van der Waals surface area (Å²) < 4.78 is 0. The molecule has 2 fully saturated rings. The largest absolute Gasteiger partial charge is 0.481 e. The van der Waals surface area contributed by atoms with Crippen molar-refractivity contribution in [2.24, 2.45) is 17.3 Å². The van der Waals surface area contributed by atoms with E-state index in [1.807, 2.05) is 20.9 Å². The predicted octanol–water partition coefficient (Wildman–Crippen LogP) is 2.27. The third-order valence-electron chi connectivity index (χ3n) is 5.19. The van der Waals surface area contributed by atoms with E-state index in [1.165, 1.54) is 19.3 Å². The van der Waals surface area contributed by atoms with Crippen molar-refractivity contribution in [3.8, 4) is 0 Å². The number of likely N-dealkylation sites (tertiary alicyclic amines) is 1. The summed E-state index contributed by atoms with van der Waals surface area (Å²) in [6.07, 6.45) is 4.25. The van der Waals surface area contributed by atoms with Crippen LogP contribution < -0.4 is 0 Å². The van der Waals surface area contributed by atoms with E-state index in [2.05, 4.69) is 0 Å². The van der Waals surface area contributed by atoms with Crippen LogP contribution in [0, 0.1) is 17.3 Å². The molecule has 0 aromatic rings. The van der Waals surface area contributed by atoms with Gasteiger partial charge < -0.3 is 14.9 Å². The summed E-state index contributed by atoms with van der Waals surface area (Å²) in [4.78, 5) is 27.5. The first-order chi connectivity index (χ1) is 9.36. The van der Waals surface area contributed by atoms with E-state index in [0.29, 0.717) is 25.4 Å². The number of amides is 2. The van der Waals surface area contributed by atoms with Crippen molar-refractivity contribution in [2.75, 3.05) is 26.7 Å². The Balaban J connectivity index is 1.96. The Morgan fingerprint density at radius 2 is 2.05 bits per heavy atom. The summed E-state index contributed by atoms with van der Waals surface area (Å²) in [5.74, 6) is -0.0972. The van der Waals surface area contributed by atoms with Crippen LogP contribution in [0.15, 0.2) is 0 Å². The maximum Gasteiger partial charge on any atom is 0.319 e. The van der Waals surface area contributed by atoms with Crippen LogP contribution in [0.4, 0.5) is 4.79 Å². The molecule has 1 saturated carbocycles. The van der Waals surface area contributed by atoms with Gasteiger partial charge in [0.05, 0.1) is 5.41 Å². The second kappa shape index (κ2) is 5.62. The van der Waals surface area contributed by atoms with Gasteiger partial charge in [0, 0.05) is 26.7 Å². The minimum Gasteiger partial charge on any atom is -0.481 e. The summed E-state index contributed by atoms with van der Waals surface area (Å²) in [6, 6.07) is -0.0133. The number of hydrogen-bond acceptors (Lipinski definition) is 2. The van der Waals surface area contributed by atoms with Gasteiger partial charge in [-0.25, -0.2) is 4.79 Å². The highest BCUT2D eigenvalue weighted by Crippen LogP contribution is 2.38. The molecule has 1 saturated heterocycles. The first-order valence-electron chi connectivity index (χ1n) is 7.60. The second-order valence-corrected chi connectivity index (χ2v) is 6.75. The molecular formula is C15H26N2O3. The van der Waals surface area contributed by atoms with E-state index < -0.39 is 11.4 Å². The highest BCUT2D eigenvalue weighted by molar-refractivity contribution is 5.80. The van der Waals surface area contributed by atoms with Gasteiger partial charge in [-0.15, -0.1) is 0 Å². The van der Waals surface area contributed by atoms with Crippen molar-refractivity contribution < 1.29 is 14.7 Å². The zero-order chi connectivity index (χ0) is 14.9. The van der Waals surface area contributed by atoms with Crippen LogP contribution in [-0.4, -0.2) is 53.6 Å². The highest BCUT2D eigenvalue weighted by Gasteiger charge is 2.48. The van der Waals surface area contributed by atoms with E-state index >= 15 is 0 Å². The van der Waals surface area contributed by atoms with Crippen LogP contribution in [0.1, 0.15) is 39.5 Å². The van der Waals surface area contributed by atoms with Crippen molar-refractivity contribution in [3.05, 3.63) is 0 Å². The number of carboxylic acids is 1. The molecule has 1 aliphatic heterocycles. The van der Waals surface area contributed by atoms with Crippen molar-refractivity contribution in [1.29, 1.82) is 0 Å². The molecule has 2 amide bonds. The zero-order valence-corrected chi connectivity index (χ0v) is 12.8. The quantitative estimate of drug-likeness (QED) is 0.860. The Hall–Kier alpha value is -1.26. The third kappa shape index (κ3) is 2.63. The standard InChI is InChI=1S/C15H26N2O3/c1-11(2)15(13(18)19)7-8-17(10-15)14(20)16(3)9-12-5-4-6-12/h11-12H,4-10H2,1-3H3,(H,18,19). The van der Waals surface area contributed by atoms with Crippen LogP contribution in [0.5, 0.6) is 0 Å². The summed E-state index contributed by atoms with van der Waals surface area (Å²) in [5, 5.41) is 9.51. The average Bonchev–Trinajstić information content (AvgIpc) is 2.78. The number of carbonyl (C=O) groups excluding carboxylic acids is 1. The summed E-state index contributed by atoms with van der Waals surface area (Å²) in [5.41, 5.74) is -0.771. The second-order valence-electron chi connectivity index (χ2n) is 6.75. The van der Waals surface area contributed by atoms with Crippen molar-refractivity contribution in [3.63, 3.8) is 0 Å². The maximum absolute atomic E-state index is 12.4. The maximum atomic E-state index is 12.4. The van der Waals surface area contributed by atoms with Gasteiger partial charge in [-0.2, -0.15) is 0 Å². The number of urea groups is 1. The molecule has 114 valence electrons. The number of nitrogens with zero attached hydrogens (tertiary/aromatic N) is 2. The lowest BCUT2D eigenvalue weighted by Gasteiger charge is -2.33. The molecule has 2 aliphatic rings. The number of hydrogen-bond donors (Lipinski definition) is 1. The zero-order valence-electron chi connectivity index (χ0n) is 12.8. The predicted molar refractivity (Wildman–Crippen MR) is 76.5 cm³/mol. The fourth-order valence-corrected chi connectivity index (χ4v) is 3.27. The van der Waals surface area contributed by atoms with Gasteiger partial charge in [-0.05, 0) is 31.1 Å². The van der Waals surface area contributed by atoms with Crippen LogP contribution in [0.25, 0.3) is 0 Å². The Morgan fingerprint density at radius 3 is 2.45 bits per heavy atom. The fraction of sp³-hybridized carbons (Fsp3) is 0.867. The van der Waals surface area contributed by atoms with Gasteiger partial charge in [0.2, 0.25) is 0 Å². The van der Waals surface area contributed by atoms with E-state index in [4.69, 9.17) is 0 Å². The highest BCUT2D eigenvalue weighted by atomic mass is 16.4. The van der Waals surface area contributed by atoms with Crippen LogP contribution in [0.3, 0.4) is 0 Å². The van der Waals surface area contributed by atoms with Gasteiger partial charge in [0.15, 0.2) is 0 Å². The number of aliphatic carboxylic acids is 1. The fourth-order valence-electron chi connectivity index (χ4n) is 3.27. The molecule has 20 heavy (non-hydrogen) atoms. The lowest BCUT2D eigenvalue weighted by molar-refractivity contribution is -0.150. The van der Waals surface area contributed by atoms with Crippen molar-refractivity contribution in [2.45, 2.75) is 39.5 Å². The monoisotopic (exact) mass is 282 g/mol. The molecule has 2 rings (SSSR count). The van der Waals surface area contributed by atoms with Gasteiger partial charge in [0.1, 0.15) is 0 Å². The van der Waals surface area contributed by atoms with Gasteiger partial charge in [0.25, 0.3) is 0 Å². The molecule has 5 heteroatoms. The minimum atomic E-state index is -0.774. The lowest BCUT2D eigenvalue weighted by Crippen LogP contribution is -2.45. The molecule has 1 atom stereocenters. The summed E-state index contributed by atoms with van der Waals surface area (Å²) in [6.45, 7) is 5.56. The topological polar surface area (TPSA) is 60.9 Å². The van der Waals surface area contributed by atoms with Gasteiger partial charge in [-0.3, -0.25) is 4.79 Å². The Labute approximate surface area is 120 Å². The Bertz CT molecular complexity index is 393. The molecule has 1 unspecified atom stereocenters. The first kappa shape index (κ1) is 15.1. The normalized spacial score (nSPS) is 26.7. The summed E-state index contributed by atoms with van der Waals surface area (Å²) in [7, 11) is 1.83. The summed E-state index contributed by atoms with van der Waals surface area (Å²) >= 11 is 0. The lowest BCUT2D eigenvalue weighted by atomic mass is 9.76. The van der Waals surface area contributed by atoms with E-state index in [1.54, 1.807) is 9.80 Å². The molecule has 0 aromatic heterocycles. The Kier molecular flexibility index (Phi) is 4.25. The average molecular weight is 282 g/mol. The molecule has 1 heterocycles. The van der Waals surface area contributed by atoms with E-state index in [9.17, 15) is 14.7 Å². The van der Waals surface area contributed by atoms with Crippen LogP contribution in [-0.2, 0) is 4.79 Å². The van der Waals surface area contributed by atoms with Crippen molar-refractivity contribution in [1.82, 2.24) is 9.80 Å². The molecule has 0 spiro atoms. The van der Waals surface area contributed by atoms with Gasteiger partial charge in [-0.1, -0.05) is 20.3 Å². The molecule has 1 N–H and O–H groups in total. The molecule has 0 radical (unpaired) electrons. The van der Waals surface area contributed by atoms with E-state index in [0.717, 1.165) is 6.54 Å². The molecular weight excluding hydrogens is 256 g/mol. The first-order valence-corrected chi connectivity index (χ1v) is 7.60. The molecule has 1 aliphatic carbocycles. The van der Waals surface area contributed by atoms with E-state index in [-0.39, 0.29) is 11.9 Å². The Morgan fingerprint density at radius 1 is 1.40 bits per heavy atom. The van der Waals surface area contributed by atoms with Gasteiger partial charge >= 0.3 is 12.0 Å². The molecule has 0 aromatic carbocycles. The molecule has 0 bridgehead atoms. The SMILES string of the molecule is CC(C)C1(C(=O)O)CCN(C(=O)N(C)CC2CCC2)C1. The molecule has 5 nitrogen and oxygen atoms in total. The number of carbonyl (C=O) groups is 2. The minimum absolute atomic E-state index is 0.0133. The smallest absolute Gasteiger partial charge is 0.319 e. The van der Waals surface area contributed by atoms with Crippen LogP contribution >= 0.6 is 0 Å². The van der Waals surface area contributed by atoms with Crippen LogP contribution in [0.2, 0.25) is 0 Å².